The number of hydrogen-bond donors (Lipinski definition) is 3. The van der Waals surface area contributed by atoms with Crippen molar-refractivity contribution in [1.29, 1.82) is 0 Å². The molecule has 0 unspecified atom stereocenters. The van der Waals surface area contributed by atoms with Crippen LogP contribution in [0.2, 0.25) is 5.02 Å². The molecule has 2 heterocycles. The summed E-state index contributed by atoms with van der Waals surface area (Å²) in [6.07, 6.45) is 2.25. The first kappa shape index (κ1) is 10.8. The van der Waals surface area contributed by atoms with Crippen molar-refractivity contribution in [2.24, 2.45) is 0 Å². The third kappa shape index (κ3) is 1.81. The Morgan fingerprint density at radius 1 is 1.69 bits per heavy atom. The highest BCUT2D eigenvalue weighted by molar-refractivity contribution is 6.35. The Morgan fingerprint density at radius 2 is 2.44 bits per heavy atom. The molecule has 1 amide bonds. The molecule has 2 aromatic heterocycles. The van der Waals surface area contributed by atoms with E-state index in [1.165, 1.54) is 0 Å². The molecule has 2 rings (SSSR count). The first-order valence-corrected chi connectivity index (χ1v) is 5.05. The molecule has 0 radical (unpaired) electrons. The minimum absolute atomic E-state index is 0.228. The molecular weight excluding hydrogens is 230 g/mol. The second kappa shape index (κ2) is 4.02. The van der Waals surface area contributed by atoms with E-state index in [9.17, 15) is 4.79 Å². The van der Waals surface area contributed by atoms with Crippen molar-refractivity contribution in [3.63, 3.8) is 0 Å². The van der Waals surface area contributed by atoms with Crippen LogP contribution in [0.25, 0.3) is 11.0 Å². The molecule has 0 fully saturated rings. The molecule has 0 spiro atoms. The average Bonchev–Trinajstić information content (AvgIpc) is 2.60. The number of aryl methyl sites for hydroxylation is 1. The summed E-state index contributed by atoms with van der Waals surface area (Å²) in [6, 6.07) is 0. The number of fused-ring (bicyclic) bond motifs is 1. The monoisotopic (exact) mass is 239 g/mol. The number of H-pyrrole nitrogens is 1. The van der Waals surface area contributed by atoms with Crippen LogP contribution in [-0.2, 0) is 6.54 Å². The lowest BCUT2D eigenvalue weighted by molar-refractivity contribution is 0.194. The van der Waals surface area contributed by atoms with E-state index < -0.39 is 6.09 Å². The fourth-order valence-corrected chi connectivity index (χ4v) is 1.88. The van der Waals surface area contributed by atoms with Gasteiger partial charge in [-0.1, -0.05) is 11.6 Å². The highest BCUT2D eigenvalue weighted by Gasteiger charge is 2.10. The Hall–Kier alpha value is -1.75. The summed E-state index contributed by atoms with van der Waals surface area (Å²) >= 11 is 6.00. The molecule has 0 bridgehead atoms. The molecule has 0 aliphatic heterocycles. The second-order valence-electron chi connectivity index (χ2n) is 3.43. The summed E-state index contributed by atoms with van der Waals surface area (Å²) < 4.78 is 0. The third-order valence-corrected chi connectivity index (χ3v) is 2.75. The van der Waals surface area contributed by atoms with E-state index in [0.29, 0.717) is 10.7 Å². The Morgan fingerprint density at radius 3 is 3.12 bits per heavy atom. The second-order valence-corrected chi connectivity index (χ2v) is 3.83. The minimum atomic E-state index is -1.06. The van der Waals surface area contributed by atoms with Crippen LogP contribution in [0.1, 0.15) is 11.1 Å². The Bertz CT molecular complexity index is 550. The van der Waals surface area contributed by atoms with E-state index in [-0.39, 0.29) is 6.54 Å². The van der Waals surface area contributed by atoms with Gasteiger partial charge in [0, 0.05) is 24.3 Å². The first-order chi connectivity index (χ1) is 7.59. The van der Waals surface area contributed by atoms with Crippen LogP contribution in [0, 0.1) is 6.92 Å². The average molecular weight is 240 g/mol. The van der Waals surface area contributed by atoms with E-state index in [2.05, 4.69) is 15.3 Å². The molecule has 6 heteroatoms. The largest absolute Gasteiger partial charge is 0.465 e. The number of aromatic nitrogens is 2. The maximum Gasteiger partial charge on any atom is 0.404 e. The lowest BCUT2D eigenvalue weighted by Gasteiger charge is -2.06. The van der Waals surface area contributed by atoms with Crippen LogP contribution in [0.15, 0.2) is 12.4 Å². The predicted octanol–water partition coefficient (Wildman–Crippen LogP) is 2.29. The number of aromatic amines is 1. The van der Waals surface area contributed by atoms with E-state index in [1.54, 1.807) is 12.4 Å². The number of halogens is 1. The van der Waals surface area contributed by atoms with Crippen LogP contribution in [0.4, 0.5) is 4.79 Å². The van der Waals surface area contributed by atoms with Gasteiger partial charge in [0.2, 0.25) is 0 Å². The summed E-state index contributed by atoms with van der Waals surface area (Å²) in [7, 11) is 0. The van der Waals surface area contributed by atoms with Crippen molar-refractivity contribution in [2.45, 2.75) is 13.5 Å². The fraction of sp³-hybridized carbons (Fsp3) is 0.200. The van der Waals surface area contributed by atoms with Crippen molar-refractivity contribution in [1.82, 2.24) is 15.3 Å². The SMILES string of the molecule is Cc1c(CNC(=O)O)cnc2[nH]cc(Cl)c12. The van der Waals surface area contributed by atoms with Crippen molar-refractivity contribution < 1.29 is 9.90 Å². The molecule has 84 valence electrons. The summed E-state index contributed by atoms with van der Waals surface area (Å²) in [5.41, 5.74) is 2.46. The van der Waals surface area contributed by atoms with Crippen LogP contribution >= 0.6 is 11.6 Å². The zero-order valence-corrected chi connectivity index (χ0v) is 9.30. The van der Waals surface area contributed by atoms with E-state index in [1.807, 2.05) is 6.92 Å². The van der Waals surface area contributed by atoms with Gasteiger partial charge in [0.25, 0.3) is 0 Å². The number of rotatable bonds is 2. The summed E-state index contributed by atoms with van der Waals surface area (Å²) in [5.74, 6) is 0. The van der Waals surface area contributed by atoms with Gasteiger partial charge in [0.1, 0.15) is 5.65 Å². The van der Waals surface area contributed by atoms with Gasteiger partial charge in [-0.3, -0.25) is 0 Å². The lowest BCUT2D eigenvalue weighted by atomic mass is 10.1. The van der Waals surface area contributed by atoms with Crippen molar-refractivity contribution in [3.8, 4) is 0 Å². The van der Waals surface area contributed by atoms with Gasteiger partial charge in [-0.05, 0) is 18.1 Å². The van der Waals surface area contributed by atoms with Crippen molar-refractivity contribution >= 4 is 28.7 Å². The van der Waals surface area contributed by atoms with Crippen molar-refractivity contribution in [3.05, 3.63) is 28.5 Å². The quantitative estimate of drug-likeness (QED) is 0.752. The first-order valence-electron chi connectivity index (χ1n) is 4.67. The minimum Gasteiger partial charge on any atom is -0.465 e. The molecule has 3 N–H and O–H groups in total. The Balaban J connectivity index is 2.43. The van der Waals surface area contributed by atoms with Crippen LogP contribution in [-0.4, -0.2) is 21.2 Å². The Kier molecular flexibility index (Phi) is 2.70. The maximum atomic E-state index is 10.4. The smallest absolute Gasteiger partial charge is 0.404 e. The number of carbonyl (C=O) groups is 1. The number of nitrogens with one attached hydrogen (secondary N) is 2. The van der Waals surface area contributed by atoms with Gasteiger partial charge in [-0.2, -0.15) is 0 Å². The number of carboxylic acid groups (broad SMARTS) is 1. The third-order valence-electron chi connectivity index (χ3n) is 2.45. The topological polar surface area (TPSA) is 78.0 Å². The molecule has 5 nitrogen and oxygen atoms in total. The molecule has 0 saturated heterocycles. The lowest BCUT2D eigenvalue weighted by Crippen LogP contribution is -2.20. The predicted molar refractivity (Wildman–Crippen MR) is 60.7 cm³/mol. The summed E-state index contributed by atoms with van der Waals surface area (Å²) in [6.45, 7) is 2.12. The van der Waals surface area contributed by atoms with Crippen LogP contribution in [0.5, 0.6) is 0 Å². The Labute approximate surface area is 96.4 Å². The number of pyridine rings is 1. The maximum absolute atomic E-state index is 10.4. The van der Waals surface area contributed by atoms with E-state index in [0.717, 1.165) is 16.5 Å². The zero-order valence-electron chi connectivity index (χ0n) is 8.54. The molecule has 0 aliphatic carbocycles. The molecule has 0 aromatic carbocycles. The molecule has 2 aromatic rings. The summed E-state index contributed by atoms with van der Waals surface area (Å²) in [5, 5.41) is 12.3. The summed E-state index contributed by atoms with van der Waals surface area (Å²) in [4.78, 5) is 17.5. The van der Waals surface area contributed by atoms with Gasteiger partial charge in [-0.15, -0.1) is 0 Å². The molecule has 16 heavy (non-hydrogen) atoms. The molecule has 0 saturated carbocycles. The van der Waals surface area contributed by atoms with E-state index >= 15 is 0 Å². The van der Waals surface area contributed by atoms with Crippen LogP contribution < -0.4 is 5.32 Å². The molecule has 0 aliphatic rings. The zero-order chi connectivity index (χ0) is 11.7. The van der Waals surface area contributed by atoms with Crippen molar-refractivity contribution in [2.75, 3.05) is 0 Å². The molecule has 0 atom stereocenters. The van der Waals surface area contributed by atoms with Crippen LogP contribution in [0.3, 0.4) is 0 Å². The highest BCUT2D eigenvalue weighted by Crippen LogP contribution is 2.26. The van der Waals surface area contributed by atoms with Gasteiger partial charge in [0.05, 0.1) is 5.02 Å². The van der Waals surface area contributed by atoms with Gasteiger partial charge >= 0.3 is 6.09 Å². The van der Waals surface area contributed by atoms with Gasteiger partial charge in [-0.25, -0.2) is 9.78 Å². The fourth-order valence-electron chi connectivity index (χ4n) is 1.60. The van der Waals surface area contributed by atoms with Gasteiger partial charge in [0.15, 0.2) is 0 Å². The number of nitrogens with zero attached hydrogens (tertiary/aromatic N) is 1. The molecular formula is C10H10ClN3O2. The standard InChI is InChI=1S/C10H10ClN3O2/c1-5-6(3-14-10(15)16)2-12-9-8(5)7(11)4-13-9/h2,4,14H,3H2,1H3,(H,12,13)(H,15,16). The van der Waals surface area contributed by atoms with E-state index in [4.69, 9.17) is 16.7 Å². The normalized spacial score (nSPS) is 10.6. The highest BCUT2D eigenvalue weighted by atomic mass is 35.5. The number of hydrogen-bond acceptors (Lipinski definition) is 2. The van der Waals surface area contributed by atoms with Gasteiger partial charge < -0.3 is 15.4 Å². The number of amides is 1.